The number of furan rings is 1. The van der Waals surface area contributed by atoms with Crippen LogP contribution in [0.3, 0.4) is 0 Å². The number of hydrogen-bond donors (Lipinski definition) is 2. The molecular formula is C15H16N2O5S. The van der Waals surface area contributed by atoms with E-state index in [4.69, 9.17) is 13.0 Å². The molecule has 1 aliphatic heterocycles. The van der Waals surface area contributed by atoms with E-state index < -0.39 is 5.97 Å². The number of carbonyl (C=O) groups is 1. The van der Waals surface area contributed by atoms with Gasteiger partial charge in [-0.2, -0.15) is 0 Å². The Bertz CT molecular complexity index is 685. The third-order valence-corrected chi connectivity index (χ3v) is 3.81. The molecular weight excluding hydrogens is 320 g/mol. The van der Waals surface area contributed by atoms with Crippen LogP contribution in [0.15, 0.2) is 35.1 Å². The Morgan fingerprint density at radius 1 is 1.39 bits per heavy atom. The Balaban J connectivity index is 2.09. The molecule has 0 unspecified atom stereocenters. The maximum Gasteiger partial charge on any atom is 0.335 e. The van der Waals surface area contributed by atoms with Crippen molar-refractivity contribution in [2.24, 2.45) is 0 Å². The average Bonchev–Trinajstić information content (AvgIpc) is 2.99. The Hall–Kier alpha value is -2.16. The molecule has 0 radical (unpaired) electrons. The third-order valence-electron chi connectivity index (χ3n) is 3.41. The van der Waals surface area contributed by atoms with Crippen LogP contribution in [-0.2, 0) is 8.57 Å². The second-order valence-electron chi connectivity index (χ2n) is 4.99. The molecule has 122 valence electrons. The summed E-state index contributed by atoms with van der Waals surface area (Å²) in [6.45, 7) is 2.83. The molecule has 0 saturated carbocycles. The van der Waals surface area contributed by atoms with Crippen molar-refractivity contribution in [2.75, 3.05) is 17.1 Å². The van der Waals surface area contributed by atoms with Gasteiger partial charge in [-0.05, 0) is 24.6 Å². The minimum absolute atomic E-state index is 0.148. The van der Waals surface area contributed by atoms with E-state index in [0.717, 1.165) is 42.8 Å². The summed E-state index contributed by atoms with van der Waals surface area (Å²) in [6.07, 6.45) is 5.17. The van der Waals surface area contributed by atoms with E-state index in [9.17, 15) is 9.90 Å². The number of benzene rings is 1. The molecule has 3 rings (SSSR count). The van der Waals surface area contributed by atoms with E-state index in [-0.39, 0.29) is 5.56 Å². The van der Waals surface area contributed by atoms with E-state index in [1.165, 1.54) is 11.3 Å². The summed E-state index contributed by atoms with van der Waals surface area (Å²) in [6, 6.07) is 4.92. The first kappa shape index (κ1) is 15.7. The number of rotatable bonds is 7. The zero-order chi connectivity index (χ0) is 16.2. The fourth-order valence-corrected chi connectivity index (χ4v) is 2.57. The van der Waals surface area contributed by atoms with Gasteiger partial charge in [-0.15, -0.1) is 8.57 Å². The second kappa shape index (κ2) is 6.95. The Morgan fingerprint density at radius 3 is 2.78 bits per heavy atom. The molecule has 8 heteroatoms. The average molecular weight is 336 g/mol. The van der Waals surface area contributed by atoms with Crippen molar-refractivity contribution in [1.82, 2.24) is 0 Å². The van der Waals surface area contributed by atoms with Crippen molar-refractivity contribution in [3.8, 4) is 11.1 Å². The Morgan fingerprint density at radius 2 is 2.22 bits per heavy atom. The topological polar surface area (TPSA) is 84.2 Å². The van der Waals surface area contributed by atoms with Crippen LogP contribution >= 0.6 is 12.3 Å². The van der Waals surface area contributed by atoms with Crippen LogP contribution in [0.5, 0.6) is 0 Å². The van der Waals surface area contributed by atoms with Gasteiger partial charge < -0.3 is 14.8 Å². The van der Waals surface area contributed by atoms with Gasteiger partial charge in [0.1, 0.15) is 5.69 Å². The fraction of sp³-hybridized carbons (Fsp3) is 0.267. The van der Waals surface area contributed by atoms with Crippen LogP contribution in [0.1, 0.15) is 30.1 Å². The summed E-state index contributed by atoms with van der Waals surface area (Å²) in [5.74, 6) is -1.02. The molecule has 1 aromatic heterocycles. The Labute approximate surface area is 137 Å². The van der Waals surface area contributed by atoms with Gasteiger partial charge in [-0.3, -0.25) is 0 Å². The monoisotopic (exact) mass is 336 g/mol. The maximum absolute atomic E-state index is 11.4. The maximum atomic E-state index is 11.4. The van der Waals surface area contributed by atoms with Gasteiger partial charge in [0.15, 0.2) is 0 Å². The molecule has 1 aliphatic rings. The molecule has 0 aliphatic carbocycles. The van der Waals surface area contributed by atoms with E-state index in [1.54, 1.807) is 24.7 Å². The van der Waals surface area contributed by atoms with Crippen molar-refractivity contribution in [2.45, 2.75) is 19.8 Å². The number of nitrogens with one attached hydrogen (secondary N) is 1. The van der Waals surface area contributed by atoms with Crippen LogP contribution < -0.4 is 10.5 Å². The number of carboxylic acids is 1. The number of carboxylic acid groups (broad SMARTS) is 1. The second-order valence-corrected chi connectivity index (χ2v) is 5.42. The first-order chi connectivity index (χ1) is 11.2. The molecule has 1 fully saturated rings. The number of aromatic carboxylic acids is 1. The van der Waals surface area contributed by atoms with E-state index >= 15 is 0 Å². The molecule has 2 aromatic rings. The van der Waals surface area contributed by atoms with Gasteiger partial charge in [0, 0.05) is 23.4 Å². The highest BCUT2D eigenvalue weighted by Gasteiger charge is 2.28. The number of hydrogen-bond acceptors (Lipinski definition) is 7. The van der Waals surface area contributed by atoms with E-state index in [1.807, 2.05) is 0 Å². The summed E-state index contributed by atoms with van der Waals surface area (Å²) >= 11 is 0.822. The van der Waals surface area contributed by atoms with Gasteiger partial charge in [0.25, 0.3) is 0 Å². The zero-order valence-corrected chi connectivity index (χ0v) is 13.3. The predicted molar refractivity (Wildman–Crippen MR) is 86.7 cm³/mol. The van der Waals surface area contributed by atoms with Crippen molar-refractivity contribution in [3.05, 3.63) is 36.3 Å². The lowest BCUT2D eigenvalue weighted by atomic mass is 10.0. The normalized spacial score (nSPS) is 13.7. The van der Waals surface area contributed by atoms with Crippen LogP contribution in [0, 0.1) is 0 Å². The molecule has 23 heavy (non-hydrogen) atoms. The van der Waals surface area contributed by atoms with Crippen LogP contribution in [0.25, 0.3) is 11.1 Å². The SMILES string of the molecule is CCCCNc1cc(C(=O)O)cc(N2OSO2)c1-c1ccoc1. The minimum atomic E-state index is -1.02. The van der Waals surface area contributed by atoms with Gasteiger partial charge in [-0.1, -0.05) is 18.6 Å². The molecule has 2 N–H and O–H groups in total. The van der Waals surface area contributed by atoms with E-state index in [0.29, 0.717) is 11.4 Å². The molecule has 0 amide bonds. The lowest BCUT2D eigenvalue weighted by Crippen LogP contribution is -2.27. The summed E-state index contributed by atoms with van der Waals surface area (Å²) in [4.78, 5) is 11.4. The van der Waals surface area contributed by atoms with Gasteiger partial charge >= 0.3 is 5.97 Å². The first-order valence-corrected chi connectivity index (χ1v) is 7.86. The predicted octanol–water partition coefficient (Wildman–Crippen LogP) is 4.10. The largest absolute Gasteiger partial charge is 0.478 e. The van der Waals surface area contributed by atoms with Crippen LogP contribution in [0.4, 0.5) is 11.4 Å². The molecule has 1 saturated heterocycles. The van der Waals surface area contributed by atoms with Gasteiger partial charge in [0.2, 0.25) is 12.3 Å². The lowest BCUT2D eigenvalue weighted by Gasteiger charge is -2.29. The molecule has 0 atom stereocenters. The summed E-state index contributed by atoms with van der Waals surface area (Å²) in [7, 11) is 0. The highest BCUT2D eigenvalue weighted by atomic mass is 32.2. The molecule has 1 aromatic carbocycles. The highest BCUT2D eigenvalue weighted by Crippen LogP contribution is 2.43. The third kappa shape index (κ3) is 3.29. The number of unbranched alkanes of at least 4 members (excludes halogenated alkanes) is 1. The summed E-state index contributed by atoms with van der Waals surface area (Å²) in [5, 5.41) is 13.8. The Kier molecular flexibility index (Phi) is 4.75. The van der Waals surface area contributed by atoms with Crippen molar-refractivity contribution in [1.29, 1.82) is 0 Å². The smallest absolute Gasteiger partial charge is 0.335 e. The van der Waals surface area contributed by atoms with Crippen LogP contribution in [0.2, 0.25) is 0 Å². The van der Waals surface area contributed by atoms with E-state index in [2.05, 4.69) is 12.2 Å². The summed E-state index contributed by atoms with van der Waals surface area (Å²) in [5.41, 5.74) is 2.92. The minimum Gasteiger partial charge on any atom is -0.478 e. The molecule has 0 spiro atoms. The van der Waals surface area contributed by atoms with Crippen LogP contribution in [-0.4, -0.2) is 17.6 Å². The summed E-state index contributed by atoms with van der Waals surface area (Å²) < 4.78 is 15.5. The molecule has 7 nitrogen and oxygen atoms in total. The van der Waals surface area contributed by atoms with Crippen molar-refractivity contribution < 1.29 is 22.9 Å². The van der Waals surface area contributed by atoms with Crippen molar-refractivity contribution in [3.63, 3.8) is 0 Å². The quantitative estimate of drug-likeness (QED) is 0.577. The fourth-order valence-electron chi connectivity index (χ4n) is 2.28. The lowest BCUT2D eigenvalue weighted by molar-refractivity contribution is 0.0272. The molecule has 2 heterocycles. The van der Waals surface area contributed by atoms with Crippen molar-refractivity contribution >= 4 is 29.7 Å². The number of anilines is 2. The zero-order valence-electron chi connectivity index (χ0n) is 12.4. The first-order valence-electron chi connectivity index (χ1n) is 7.20. The van der Waals surface area contributed by atoms with Gasteiger partial charge in [-0.25, -0.2) is 4.79 Å². The standard InChI is InChI=1S/C15H16N2O5S/c1-2-3-5-16-12-7-11(15(18)19)8-13(17-21-23-22-17)14(12)10-4-6-20-9-10/h4,6-9,16H,2-3,5H2,1H3,(H,18,19). The van der Waals surface area contributed by atoms with Gasteiger partial charge in [0.05, 0.1) is 18.1 Å². The number of nitrogens with zero attached hydrogens (tertiary/aromatic N) is 1. The molecule has 0 bridgehead atoms. The highest BCUT2D eigenvalue weighted by molar-refractivity contribution is 7.90.